The van der Waals surface area contributed by atoms with Crippen LogP contribution >= 0.6 is 0 Å². The molecule has 0 radical (unpaired) electrons. The summed E-state index contributed by atoms with van der Waals surface area (Å²) in [5.41, 5.74) is 0.673. The lowest BCUT2D eigenvalue weighted by atomic mass is 9.98. The van der Waals surface area contributed by atoms with Crippen LogP contribution in [0.2, 0.25) is 0 Å². The Morgan fingerprint density at radius 3 is 2.14 bits per heavy atom. The maximum absolute atomic E-state index is 13.3. The first kappa shape index (κ1) is 30.2. The van der Waals surface area contributed by atoms with Gasteiger partial charge in [0.2, 0.25) is 17.8 Å². The molecule has 0 unspecified atom stereocenters. The largest absolute Gasteiger partial charge is 0.463 e. The lowest BCUT2D eigenvalue weighted by molar-refractivity contribution is -0.288. The summed E-state index contributed by atoms with van der Waals surface area (Å²) in [5.74, 6) is -2.47. The van der Waals surface area contributed by atoms with Gasteiger partial charge in [-0.2, -0.15) is 0 Å². The number of fused-ring (bicyclic) bond motifs is 1. The second kappa shape index (κ2) is 12.8. The van der Waals surface area contributed by atoms with E-state index in [4.69, 9.17) is 32.8 Å². The molecule has 0 N–H and O–H groups in total. The van der Waals surface area contributed by atoms with Crippen molar-refractivity contribution < 1.29 is 52.0 Å². The molecule has 0 bridgehead atoms. The Kier molecular flexibility index (Phi) is 9.21. The van der Waals surface area contributed by atoms with Crippen LogP contribution in [-0.4, -0.2) is 66.2 Å². The van der Waals surface area contributed by atoms with Gasteiger partial charge in [-0.3, -0.25) is 29.0 Å². The number of benzene rings is 1. The molecule has 1 aromatic carbocycles. The van der Waals surface area contributed by atoms with Gasteiger partial charge in [0.15, 0.2) is 12.2 Å². The second-order valence-corrected chi connectivity index (χ2v) is 9.42. The van der Waals surface area contributed by atoms with Crippen molar-refractivity contribution >= 4 is 34.8 Å². The van der Waals surface area contributed by atoms with Crippen molar-refractivity contribution in [3.63, 3.8) is 0 Å². The van der Waals surface area contributed by atoms with Crippen LogP contribution in [0, 0.1) is 6.92 Å². The van der Waals surface area contributed by atoms with Gasteiger partial charge in [-0.25, -0.2) is 0 Å². The van der Waals surface area contributed by atoms with Crippen LogP contribution in [0.3, 0.4) is 0 Å². The van der Waals surface area contributed by atoms with Crippen molar-refractivity contribution in [1.82, 2.24) is 4.98 Å². The quantitative estimate of drug-likeness (QED) is 0.281. The molecule has 0 aliphatic carbocycles. The van der Waals surface area contributed by atoms with Crippen molar-refractivity contribution in [1.29, 1.82) is 0 Å². The molecule has 222 valence electrons. The summed E-state index contributed by atoms with van der Waals surface area (Å²) in [4.78, 5) is 65.1. The first-order valence-corrected chi connectivity index (χ1v) is 12.9. The van der Waals surface area contributed by atoms with Gasteiger partial charge in [0.05, 0.1) is 16.6 Å². The summed E-state index contributed by atoms with van der Waals surface area (Å²) in [5, 5.41) is 0.259. The van der Waals surface area contributed by atoms with E-state index in [-0.39, 0.29) is 22.1 Å². The zero-order chi connectivity index (χ0) is 30.6. The Hall–Kier alpha value is -4.78. The molecular weight excluding hydrogens is 554 g/mol. The Morgan fingerprint density at radius 1 is 0.857 bits per heavy atom. The van der Waals surface area contributed by atoms with Crippen LogP contribution in [0.15, 0.2) is 51.8 Å². The van der Waals surface area contributed by atoms with Crippen molar-refractivity contribution in [3.8, 4) is 17.0 Å². The fourth-order valence-electron chi connectivity index (χ4n) is 4.58. The highest BCUT2D eigenvalue weighted by Gasteiger charge is 2.53. The van der Waals surface area contributed by atoms with E-state index in [1.807, 2.05) is 0 Å². The summed E-state index contributed by atoms with van der Waals surface area (Å²) >= 11 is 0. The lowest BCUT2D eigenvalue weighted by Crippen LogP contribution is -2.63. The Morgan fingerprint density at radius 2 is 1.52 bits per heavy atom. The fourth-order valence-corrected chi connectivity index (χ4v) is 4.58. The summed E-state index contributed by atoms with van der Waals surface area (Å²) in [6, 6.07) is 9.61. The maximum Gasteiger partial charge on any atom is 0.303 e. The highest BCUT2D eigenvalue weighted by molar-refractivity contribution is 5.83. The summed E-state index contributed by atoms with van der Waals surface area (Å²) in [7, 11) is 0. The molecule has 0 spiro atoms. The molecule has 1 fully saturated rings. The van der Waals surface area contributed by atoms with Crippen LogP contribution in [0.25, 0.3) is 22.2 Å². The number of carbonyl (C=O) groups is 4. The molecule has 0 amide bonds. The van der Waals surface area contributed by atoms with Crippen LogP contribution in [-0.2, 0) is 42.9 Å². The minimum absolute atomic E-state index is 0.136. The molecule has 4 rings (SSSR count). The van der Waals surface area contributed by atoms with E-state index < -0.39 is 61.2 Å². The molecule has 42 heavy (non-hydrogen) atoms. The number of esters is 4. The van der Waals surface area contributed by atoms with Gasteiger partial charge in [0, 0.05) is 40.0 Å². The van der Waals surface area contributed by atoms with E-state index in [1.165, 1.54) is 25.1 Å². The van der Waals surface area contributed by atoms with E-state index in [9.17, 15) is 24.0 Å². The highest BCUT2D eigenvalue weighted by atomic mass is 16.7. The number of rotatable bonds is 8. The van der Waals surface area contributed by atoms with E-state index in [0.29, 0.717) is 17.0 Å². The fraction of sp³-hybridized carbons (Fsp3) is 0.379. The first-order chi connectivity index (χ1) is 19.9. The number of hydrogen-bond donors (Lipinski definition) is 0. The monoisotopic (exact) mass is 583 g/mol. The number of hydrogen-bond acceptors (Lipinski definition) is 13. The van der Waals surface area contributed by atoms with Crippen LogP contribution in [0.5, 0.6) is 5.75 Å². The molecule has 5 atom stereocenters. The summed E-state index contributed by atoms with van der Waals surface area (Å²) in [6.07, 6.45) is -5.18. The average molecular weight is 584 g/mol. The maximum atomic E-state index is 13.3. The van der Waals surface area contributed by atoms with Crippen molar-refractivity contribution in [2.75, 3.05) is 6.61 Å². The number of nitrogens with zero attached hydrogens (tertiary/aromatic N) is 1. The van der Waals surface area contributed by atoms with Gasteiger partial charge < -0.3 is 32.8 Å². The molecule has 1 saturated heterocycles. The standard InChI is InChI=1S/C29H29NO12/c1-14-24(21-8-6-7-11-30-21)25(35)20-10-9-19(12-22(20)37-14)41-29-28(40-18(5)34)27(39-17(4)33)26(38-16(3)32)23(42-29)13-36-15(2)31/h6-12,23,26-29H,13H2,1-5H3/t23-,26+,27-,28-,29+/m0/s1. The van der Waals surface area contributed by atoms with E-state index in [0.717, 1.165) is 20.8 Å². The molecule has 3 heterocycles. The molecule has 2 aromatic heterocycles. The molecule has 1 aliphatic rings. The van der Waals surface area contributed by atoms with E-state index in [1.54, 1.807) is 31.3 Å². The number of aryl methyl sites for hydroxylation is 1. The normalized spacial score (nSPS) is 21.7. The third-order valence-electron chi connectivity index (χ3n) is 6.16. The third-order valence-corrected chi connectivity index (χ3v) is 6.16. The first-order valence-electron chi connectivity index (χ1n) is 12.9. The number of pyridine rings is 1. The molecule has 13 nitrogen and oxygen atoms in total. The van der Waals surface area contributed by atoms with Gasteiger partial charge in [-0.15, -0.1) is 0 Å². The molecular formula is C29H29NO12. The topological polar surface area (TPSA) is 167 Å². The van der Waals surface area contributed by atoms with Gasteiger partial charge in [-0.05, 0) is 31.2 Å². The molecule has 13 heteroatoms. The minimum Gasteiger partial charge on any atom is -0.463 e. The minimum atomic E-state index is -1.44. The van der Waals surface area contributed by atoms with Crippen LogP contribution in [0.1, 0.15) is 33.5 Å². The van der Waals surface area contributed by atoms with Crippen molar-refractivity contribution in [3.05, 3.63) is 58.6 Å². The molecule has 0 saturated carbocycles. The molecule has 3 aromatic rings. The SMILES string of the molecule is CC(=O)OC[C@@H]1O[C@@H](Oc2ccc3c(=O)c(-c4ccccn4)c(C)oc3c2)[C@@H](OC(C)=O)[C@@H](OC(C)=O)[C@@H]1OC(C)=O. The number of carbonyl (C=O) groups excluding carboxylic acids is 4. The van der Waals surface area contributed by atoms with Gasteiger partial charge in [0.25, 0.3) is 0 Å². The van der Waals surface area contributed by atoms with Crippen LogP contribution < -0.4 is 10.2 Å². The van der Waals surface area contributed by atoms with Gasteiger partial charge in [-0.1, -0.05) is 6.07 Å². The van der Waals surface area contributed by atoms with Crippen LogP contribution in [0.4, 0.5) is 0 Å². The average Bonchev–Trinajstić information content (AvgIpc) is 2.90. The Labute approximate surface area is 239 Å². The number of ether oxygens (including phenoxy) is 6. The van der Waals surface area contributed by atoms with E-state index in [2.05, 4.69) is 4.98 Å². The Bertz CT molecular complexity index is 1550. The lowest BCUT2D eigenvalue weighted by Gasteiger charge is -2.43. The smallest absolute Gasteiger partial charge is 0.303 e. The van der Waals surface area contributed by atoms with Gasteiger partial charge >= 0.3 is 23.9 Å². The van der Waals surface area contributed by atoms with Gasteiger partial charge in [0.1, 0.15) is 29.8 Å². The van der Waals surface area contributed by atoms with Crippen molar-refractivity contribution in [2.24, 2.45) is 0 Å². The Balaban J connectivity index is 1.73. The predicted molar refractivity (Wildman–Crippen MR) is 143 cm³/mol. The zero-order valence-corrected chi connectivity index (χ0v) is 23.5. The predicted octanol–water partition coefficient (Wildman–Crippen LogP) is 2.63. The zero-order valence-electron chi connectivity index (χ0n) is 23.5. The third kappa shape index (κ3) is 6.92. The highest BCUT2D eigenvalue weighted by Crippen LogP contribution is 2.32. The number of aromatic nitrogens is 1. The molecule has 1 aliphatic heterocycles. The summed E-state index contributed by atoms with van der Waals surface area (Å²) < 4.78 is 39.2. The second-order valence-electron chi connectivity index (χ2n) is 9.42. The van der Waals surface area contributed by atoms with E-state index >= 15 is 0 Å². The van der Waals surface area contributed by atoms with Crippen molar-refractivity contribution in [2.45, 2.75) is 65.3 Å². The summed E-state index contributed by atoms with van der Waals surface area (Å²) in [6.45, 7) is 5.78.